The third-order valence-corrected chi connectivity index (χ3v) is 8.29. The number of alkyl carbamates (subject to hydrolysis) is 1. The molecule has 6 rings (SSSR count). The normalized spacial score (nSPS) is 15.3. The van der Waals surface area contributed by atoms with Gasteiger partial charge >= 0.3 is 11.8 Å². The average molecular weight is 622 g/mol. The molecule has 1 saturated heterocycles. The second-order valence-corrected chi connectivity index (χ2v) is 12.9. The van der Waals surface area contributed by atoms with Crippen LogP contribution >= 0.6 is 0 Å². The van der Waals surface area contributed by atoms with Crippen molar-refractivity contribution in [1.82, 2.24) is 29.0 Å². The van der Waals surface area contributed by atoms with Gasteiger partial charge in [-0.05, 0) is 65.0 Å². The van der Waals surface area contributed by atoms with E-state index in [0.29, 0.717) is 30.2 Å². The van der Waals surface area contributed by atoms with Gasteiger partial charge in [0, 0.05) is 37.0 Å². The fourth-order valence-electron chi connectivity index (χ4n) is 6.21. The monoisotopic (exact) mass is 621 g/mol. The van der Waals surface area contributed by atoms with Crippen LogP contribution in [0.5, 0.6) is 0 Å². The van der Waals surface area contributed by atoms with E-state index in [1.54, 1.807) is 18.5 Å². The first-order chi connectivity index (χ1) is 21.9. The Hall–Kier alpha value is -5.11. The molecule has 1 N–H and O–H groups in total. The molecular weight excluding hydrogens is 582 g/mol. The summed E-state index contributed by atoms with van der Waals surface area (Å²) < 4.78 is 9.93. The van der Waals surface area contributed by atoms with E-state index in [-0.39, 0.29) is 24.8 Å². The number of carbonyl (C=O) groups excluding carboxylic acids is 1. The lowest BCUT2D eigenvalue weighted by Gasteiger charge is -2.34. The van der Waals surface area contributed by atoms with Crippen LogP contribution in [-0.4, -0.2) is 54.5 Å². The quantitative estimate of drug-likeness (QED) is 0.227. The van der Waals surface area contributed by atoms with Crippen LogP contribution in [0.4, 0.5) is 10.7 Å². The zero-order valence-electron chi connectivity index (χ0n) is 27.2. The number of imidazole rings is 1. The largest absolute Gasteiger partial charge is 0.444 e. The first-order valence-corrected chi connectivity index (χ1v) is 15.6. The fourth-order valence-corrected chi connectivity index (χ4v) is 6.21. The topological polar surface area (TPSA) is 116 Å². The number of nitrogens with zero attached hydrogens (tertiary/aromatic N) is 6. The third kappa shape index (κ3) is 5.83. The average Bonchev–Trinajstić information content (AvgIpc) is 3.40. The third-order valence-electron chi connectivity index (χ3n) is 8.29. The van der Waals surface area contributed by atoms with Crippen LogP contribution < -0.4 is 21.5 Å². The van der Waals surface area contributed by atoms with Crippen molar-refractivity contribution < 1.29 is 9.53 Å². The summed E-state index contributed by atoms with van der Waals surface area (Å²) in [6, 6.07) is 13.9. The molecule has 0 spiro atoms. The van der Waals surface area contributed by atoms with Gasteiger partial charge in [-0.25, -0.2) is 9.59 Å². The summed E-state index contributed by atoms with van der Waals surface area (Å²) >= 11 is 0. The molecule has 46 heavy (non-hydrogen) atoms. The van der Waals surface area contributed by atoms with E-state index in [2.05, 4.69) is 35.4 Å². The molecule has 0 saturated carbocycles. The van der Waals surface area contributed by atoms with Crippen molar-refractivity contribution in [2.45, 2.75) is 72.2 Å². The fraction of sp³-hybridized carbons (Fsp3) is 0.400. The van der Waals surface area contributed by atoms with Gasteiger partial charge in [0.1, 0.15) is 5.60 Å². The number of hydrogen-bond donors (Lipinski definition) is 1. The molecule has 1 unspecified atom stereocenters. The molecule has 2 aromatic carbocycles. The van der Waals surface area contributed by atoms with Gasteiger partial charge in [0.15, 0.2) is 11.2 Å². The van der Waals surface area contributed by atoms with E-state index in [4.69, 9.17) is 14.7 Å². The maximum atomic E-state index is 14.3. The van der Waals surface area contributed by atoms with E-state index in [0.717, 1.165) is 40.1 Å². The van der Waals surface area contributed by atoms with Gasteiger partial charge in [-0.15, -0.1) is 5.92 Å². The van der Waals surface area contributed by atoms with Gasteiger partial charge in [-0.3, -0.25) is 23.5 Å². The van der Waals surface area contributed by atoms with Gasteiger partial charge in [0.2, 0.25) is 5.95 Å². The summed E-state index contributed by atoms with van der Waals surface area (Å²) in [6.07, 6.45) is 1.11. The number of amides is 1. The lowest BCUT2D eigenvalue weighted by atomic mass is 10.0. The van der Waals surface area contributed by atoms with Crippen LogP contribution in [0.25, 0.3) is 32.8 Å². The van der Waals surface area contributed by atoms with E-state index < -0.39 is 22.9 Å². The Balaban J connectivity index is 1.45. The van der Waals surface area contributed by atoms with Gasteiger partial charge in [-0.1, -0.05) is 41.8 Å². The van der Waals surface area contributed by atoms with E-state index in [1.807, 2.05) is 56.9 Å². The van der Waals surface area contributed by atoms with Crippen LogP contribution in [0.15, 0.2) is 52.1 Å². The predicted molar refractivity (Wildman–Crippen MR) is 180 cm³/mol. The Morgan fingerprint density at radius 1 is 1.07 bits per heavy atom. The molecule has 0 aliphatic carbocycles. The van der Waals surface area contributed by atoms with Gasteiger partial charge in [0.05, 0.1) is 24.3 Å². The van der Waals surface area contributed by atoms with Crippen molar-refractivity contribution in [3.05, 3.63) is 74.6 Å². The highest BCUT2D eigenvalue weighted by Crippen LogP contribution is 2.28. The van der Waals surface area contributed by atoms with Crippen LogP contribution in [-0.2, 0) is 24.9 Å². The minimum Gasteiger partial charge on any atom is -0.444 e. The molecule has 0 bridgehead atoms. The molecule has 1 amide bonds. The van der Waals surface area contributed by atoms with Crippen LogP contribution in [0.3, 0.4) is 0 Å². The Morgan fingerprint density at radius 2 is 1.85 bits per heavy atom. The number of ether oxygens (including phenoxy) is 1. The molecule has 1 fully saturated rings. The van der Waals surface area contributed by atoms with E-state index in [1.165, 1.54) is 9.13 Å². The maximum Gasteiger partial charge on any atom is 0.407 e. The highest BCUT2D eigenvalue weighted by molar-refractivity contribution is 6.06. The molecule has 1 atom stereocenters. The number of piperidine rings is 1. The molecule has 3 aromatic heterocycles. The minimum absolute atomic E-state index is 0.00218. The SMILES string of the molecule is CC#CCn1c(N2CCCC(NC(=O)OC(C)(C)C)C2)nc2c1c(=O)n(Cc1nc3ccccc3c3ccc(C)cc13)c(=O)n2C. The van der Waals surface area contributed by atoms with Crippen LogP contribution in [0, 0.1) is 18.8 Å². The molecule has 4 heterocycles. The standard InChI is InChI=1S/C35H39N7O4/c1-7-8-18-41-29-30(38-32(41)40-17-11-12-23(20-40)36-33(44)46-35(3,4)5)39(6)34(45)42(31(29)43)21-28-26-19-22(2)15-16-24(26)25-13-9-10-14-27(25)37-28/h9-10,13-16,19,23H,11-12,17-18,20-21H2,1-6H3,(H,36,44). The first-order valence-electron chi connectivity index (χ1n) is 15.6. The number of nitrogens with one attached hydrogen (secondary N) is 1. The Morgan fingerprint density at radius 3 is 2.61 bits per heavy atom. The molecule has 1 aliphatic rings. The van der Waals surface area contributed by atoms with Crippen molar-refractivity contribution in [2.75, 3.05) is 18.0 Å². The van der Waals surface area contributed by atoms with Crippen molar-refractivity contribution in [3.63, 3.8) is 0 Å². The Labute approximate surface area is 266 Å². The van der Waals surface area contributed by atoms with Gasteiger partial charge in [0.25, 0.3) is 5.56 Å². The second-order valence-electron chi connectivity index (χ2n) is 12.9. The van der Waals surface area contributed by atoms with Gasteiger partial charge in [-0.2, -0.15) is 4.98 Å². The number of pyridine rings is 1. The maximum absolute atomic E-state index is 14.3. The number of carbonyl (C=O) groups is 1. The summed E-state index contributed by atoms with van der Waals surface area (Å²) in [5.41, 5.74) is 1.54. The number of benzene rings is 2. The van der Waals surface area contributed by atoms with E-state index in [9.17, 15) is 14.4 Å². The van der Waals surface area contributed by atoms with Crippen LogP contribution in [0.1, 0.15) is 51.8 Å². The molecule has 5 aromatic rings. The predicted octanol–water partition coefficient (Wildman–Crippen LogP) is 4.47. The Kier molecular flexibility index (Phi) is 8.06. The minimum atomic E-state index is -0.608. The first kappa shape index (κ1) is 30.9. The molecule has 11 nitrogen and oxygen atoms in total. The highest BCUT2D eigenvalue weighted by atomic mass is 16.6. The lowest BCUT2D eigenvalue weighted by molar-refractivity contribution is 0.0499. The molecule has 1 aliphatic heterocycles. The molecule has 238 valence electrons. The number of rotatable bonds is 5. The van der Waals surface area contributed by atoms with Crippen molar-refractivity contribution in [3.8, 4) is 11.8 Å². The number of aryl methyl sites for hydroxylation is 2. The summed E-state index contributed by atoms with van der Waals surface area (Å²) in [4.78, 5) is 52.5. The lowest BCUT2D eigenvalue weighted by Crippen LogP contribution is -2.49. The summed E-state index contributed by atoms with van der Waals surface area (Å²) in [7, 11) is 1.63. The number of fused-ring (bicyclic) bond motifs is 4. The second kappa shape index (κ2) is 12.0. The highest BCUT2D eigenvalue weighted by Gasteiger charge is 2.29. The summed E-state index contributed by atoms with van der Waals surface area (Å²) in [5, 5.41) is 5.90. The molecule has 0 radical (unpaired) electrons. The Bertz CT molecular complexity index is 2180. The van der Waals surface area contributed by atoms with E-state index >= 15 is 0 Å². The smallest absolute Gasteiger partial charge is 0.407 e. The van der Waals surface area contributed by atoms with Crippen molar-refractivity contribution in [1.29, 1.82) is 0 Å². The zero-order chi connectivity index (χ0) is 32.7. The van der Waals surface area contributed by atoms with Crippen molar-refractivity contribution in [2.24, 2.45) is 7.05 Å². The van der Waals surface area contributed by atoms with Crippen LogP contribution in [0.2, 0.25) is 0 Å². The van der Waals surface area contributed by atoms with Crippen molar-refractivity contribution >= 4 is 44.9 Å². The number of aromatic nitrogens is 5. The number of anilines is 1. The summed E-state index contributed by atoms with van der Waals surface area (Å²) in [6.45, 7) is 10.6. The molecular formula is C35H39N7O4. The van der Waals surface area contributed by atoms with Gasteiger partial charge < -0.3 is 15.0 Å². The summed E-state index contributed by atoms with van der Waals surface area (Å²) in [5.74, 6) is 6.53. The number of hydrogen-bond acceptors (Lipinski definition) is 7. The molecule has 11 heteroatoms. The number of para-hydroxylation sites is 1. The zero-order valence-corrected chi connectivity index (χ0v) is 27.2.